The molecule has 0 heterocycles. The normalized spacial score (nSPS) is 30.8. The van der Waals surface area contributed by atoms with E-state index in [0.717, 1.165) is 62.3 Å². The maximum Gasteiger partial charge on any atom is 0.407 e. The van der Waals surface area contributed by atoms with E-state index < -0.39 is 0 Å². The highest BCUT2D eigenvalue weighted by atomic mass is 16.6. The molecule has 308 valence electrons. The Bertz CT molecular complexity index is 1190. The van der Waals surface area contributed by atoms with E-state index in [1.807, 2.05) is 0 Å². The molecule has 4 aliphatic rings. The van der Waals surface area contributed by atoms with Crippen molar-refractivity contribution in [1.29, 1.82) is 0 Å². The van der Waals surface area contributed by atoms with Crippen LogP contribution in [0.1, 0.15) is 195 Å². The van der Waals surface area contributed by atoms with Crippen molar-refractivity contribution in [2.75, 3.05) is 19.6 Å². The van der Waals surface area contributed by atoms with Gasteiger partial charge in [-0.05, 0) is 155 Å². The topological polar surface area (TPSA) is 116 Å². The number of nitrogens with one attached hydrogen (secondary N) is 2. The second-order valence-electron chi connectivity index (χ2n) is 18.7. The van der Waals surface area contributed by atoms with Crippen molar-refractivity contribution < 1.29 is 14.3 Å². The highest BCUT2D eigenvalue weighted by Gasteiger charge is 2.60. The number of alkyl carbamates (subject to hydrolysis) is 1. The molecule has 9 atom stereocenters. The zero-order valence-electron chi connectivity index (χ0n) is 35.3. The molecular weight excluding hydrogens is 671 g/mol. The Hall–Kier alpha value is -2.21. The van der Waals surface area contributed by atoms with Crippen LogP contribution in [0.15, 0.2) is 17.3 Å². The van der Waals surface area contributed by atoms with Gasteiger partial charge in [-0.2, -0.15) is 0 Å². The van der Waals surface area contributed by atoms with Crippen LogP contribution in [0.5, 0.6) is 0 Å². The lowest BCUT2D eigenvalue weighted by atomic mass is 9.44. The van der Waals surface area contributed by atoms with Crippen LogP contribution < -0.4 is 10.6 Å². The number of nitrogens with zero attached hydrogens (tertiary/aromatic N) is 3. The van der Waals surface area contributed by atoms with Gasteiger partial charge in [-0.25, -0.2) is 4.79 Å². The summed E-state index contributed by atoms with van der Waals surface area (Å²) in [5, 5.41) is 9.61. The molecule has 2 N–H and O–H groups in total. The number of ether oxygens (including phenoxy) is 1. The van der Waals surface area contributed by atoms with Gasteiger partial charge in [0.15, 0.2) is 0 Å². The Kier molecular flexibility index (Phi) is 19.6. The zero-order chi connectivity index (χ0) is 38.7. The molecular formula is C46H81N5O3. The first-order valence-electron chi connectivity index (χ1n) is 23.1. The molecule has 4 rings (SSSR count). The van der Waals surface area contributed by atoms with Crippen LogP contribution in [-0.4, -0.2) is 37.7 Å². The monoisotopic (exact) mass is 752 g/mol. The number of azide groups is 1. The van der Waals surface area contributed by atoms with Gasteiger partial charge in [0.2, 0.25) is 5.91 Å². The van der Waals surface area contributed by atoms with Gasteiger partial charge >= 0.3 is 6.09 Å². The Morgan fingerprint density at radius 1 is 0.796 bits per heavy atom. The molecule has 0 aromatic carbocycles. The molecule has 2 amide bonds. The molecule has 4 saturated carbocycles. The van der Waals surface area contributed by atoms with E-state index in [2.05, 4.69) is 60.5 Å². The fourth-order valence-electron chi connectivity index (χ4n) is 12.1. The number of unbranched alkanes of at least 4 members (excludes halogenated alkanes) is 12. The number of amides is 2. The van der Waals surface area contributed by atoms with E-state index in [1.54, 1.807) is 0 Å². The van der Waals surface area contributed by atoms with Gasteiger partial charge in [0.1, 0.15) is 6.10 Å². The summed E-state index contributed by atoms with van der Waals surface area (Å²) in [6.07, 6.45) is 36.2. The first-order valence-corrected chi connectivity index (χ1v) is 23.1. The predicted octanol–water partition coefficient (Wildman–Crippen LogP) is 13.0. The van der Waals surface area contributed by atoms with Crippen LogP contribution in [0, 0.1) is 46.3 Å². The van der Waals surface area contributed by atoms with Crippen molar-refractivity contribution in [2.24, 2.45) is 51.5 Å². The number of hydrogen-bond acceptors (Lipinski definition) is 4. The molecule has 0 spiro atoms. The Morgan fingerprint density at radius 2 is 1.44 bits per heavy atom. The lowest BCUT2D eigenvalue weighted by molar-refractivity contribution is -0.130. The second kappa shape index (κ2) is 23.8. The summed E-state index contributed by atoms with van der Waals surface area (Å²) >= 11 is 0. The van der Waals surface area contributed by atoms with Crippen LogP contribution in [0.25, 0.3) is 10.4 Å². The molecule has 0 saturated heterocycles. The number of carbonyl (C=O) groups excluding carboxylic acids is 2. The van der Waals surface area contributed by atoms with E-state index in [0.29, 0.717) is 48.6 Å². The fourth-order valence-corrected chi connectivity index (χ4v) is 12.1. The lowest BCUT2D eigenvalue weighted by Crippen LogP contribution is -2.54. The first-order chi connectivity index (χ1) is 26.2. The SMILES string of the molecule is CCCCCCCC/C=C\CCCCCCCCNC(=O)CC[C@@H](C)[C@H]1CCC2C3CCC4C[C@H](OC(=O)NCCCN=[N+]=[N-])CC[C@]4(C)C3CC[C@@]21C. The van der Waals surface area contributed by atoms with E-state index in [4.69, 9.17) is 10.3 Å². The molecule has 0 radical (unpaired) electrons. The van der Waals surface area contributed by atoms with Gasteiger partial charge in [0.25, 0.3) is 0 Å². The van der Waals surface area contributed by atoms with Crippen molar-refractivity contribution >= 4 is 12.0 Å². The Balaban J connectivity index is 1.07. The van der Waals surface area contributed by atoms with Gasteiger partial charge in [-0.15, -0.1) is 0 Å². The minimum Gasteiger partial charge on any atom is -0.446 e. The lowest BCUT2D eigenvalue weighted by Gasteiger charge is -2.61. The van der Waals surface area contributed by atoms with Gasteiger partial charge in [-0.1, -0.05) is 103 Å². The minimum absolute atomic E-state index is 0.00601. The molecule has 54 heavy (non-hydrogen) atoms. The molecule has 0 aliphatic heterocycles. The maximum absolute atomic E-state index is 12.8. The van der Waals surface area contributed by atoms with Crippen LogP contribution in [0.4, 0.5) is 4.79 Å². The Labute approximate surface area is 330 Å². The van der Waals surface area contributed by atoms with Crippen molar-refractivity contribution in [2.45, 2.75) is 201 Å². The average Bonchev–Trinajstić information content (AvgIpc) is 3.52. The van der Waals surface area contributed by atoms with Crippen molar-refractivity contribution in [3.05, 3.63) is 22.6 Å². The fraction of sp³-hybridized carbons (Fsp3) is 0.913. The molecule has 0 bridgehead atoms. The molecule has 0 aromatic rings. The number of rotatable bonds is 25. The Morgan fingerprint density at radius 3 is 2.17 bits per heavy atom. The summed E-state index contributed by atoms with van der Waals surface area (Å²) in [4.78, 5) is 28.0. The third kappa shape index (κ3) is 13.2. The van der Waals surface area contributed by atoms with E-state index in [9.17, 15) is 9.59 Å². The maximum atomic E-state index is 12.8. The van der Waals surface area contributed by atoms with Crippen molar-refractivity contribution in [1.82, 2.24) is 10.6 Å². The molecule has 4 aliphatic carbocycles. The largest absolute Gasteiger partial charge is 0.446 e. The molecule has 4 unspecified atom stereocenters. The van der Waals surface area contributed by atoms with Gasteiger partial charge < -0.3 is 15.4 Å². The third-order valence-corrected chi connectivity index (χ3v) is 15.3. The standard InChI is InChI=1S/C46H81N5O3/c1-5-6-7-8-9-10-11-12-13-14-15-16-17-18-19-20-32-48-43(52)27-22-36(2)40-25-26-41-39-24-23-37-35-38(54-44(53)49-33-21-34-50-51-47)28-30-45(37,3)42(39)29-31-46(40,41)4/h12-13,36-42H,5-11,14-35H2,1-4H3,(H,48,52)(H,49,53)/b13-12-/t36-,37?,38-,39?,40-,41?,42?,45+,46-/m1/s1. The quantitative estimate of drug-likeness (QED) is 0.0318. The molecule has 0 aromatic heterocycles. The summed E-state index contributed by atoms with van der Waals surface area (Å²) < 4.78 is 5.88. The van der Waals surface area contributed by atoms with Gasteiger partial charge in [0.05, 0.1) is 0 Å². The minimum atomic E-state index is -0.330. The predicted molar refractivity (Wildman–Crippen MR) is 223 cm³/mol. The summed E-state index contributed by atoms with van der Waals surface area (Å²) in [5.74, 6) is 4.62. The van der Waals surface area contributed by atoms with Crippen molar-refractivity contribution in [3.63, 3.8) is 0 Å². The van der Waals surface area contributed by atoms with Crippen LogP contribution in [-0.2, 0) is 9.53 Å². The number of carbonyl (C=O) groups is 2. The average molecular weight is 752 g/mol. The molecule has 4 fully saturated rings. The van der Waals surface area contributed by atoms with Crippen LogP contribution in [0.2, 0.25) is 0 Å². The van der Waals surface area contributed by atoms with Crippen molar-refractivity contribution in [3.8, 4) is 0 Å². The zero-order valence-corrected chi connectivity index (χ0v) is 35.3. The smallest absolute Gasteiger partial charge is 0.407 e. The summed E-state index contributed by atoms with van der Waals surface area (Å²) in [6, 6.07) is 0. The molecule has 8 heteroatoms. The van der Waals surface area contributed by atoms with Gasteiger partial charge in [-0.3, -0.25) is 4.79 Å². The number of fused-ring (bicyclic) bond motifs is 5. The third-order valence-electron chi connectivity index (χ3n) is 15.3. The van der Waals surface area contributed by atoms with Crippen LogP contribution in [0.3, 0.4) is 0 Å². The number of hydrogen-bond donors (Lipinski definition) is 2. The summed E-state index contributed by atoms with van der Waals surface area (Å²) in [5.41, 5.74) is 9.18. The highest BCUT2D eigenvalue weighted by Crippen LogP contribution is 2.68. The highest BCUT2D eigenvalue weighted by molar-refractivity contribution is 5.75. The second-order valence-corrected chi connectivity index (χ2v) is 18.7. The molecule has 8 nitrogen and oxygen atoms in total. The number of allylic oxidation sites excluding steroid dienone is 2. The summed E-state index contributed by atoms with van der Waals surface area (Å²) in [7, 11) is 0. The summed E-state index contributed by atoms with van der Waals surface area (Å²) in [6.45, 7) is 11.6. The van der Waals surface area contributed by atoms with E-state index in [1.165, 1.54) is 122 Å². The van der Waals surface area contributed by atoms with E-state index in [-0.39, 0.29) is 18.1 Å². The van der Waals surface area contributed by atoms with E-state index >= 15 is 0 Å². The van der Waals surface area contributed by atoms with Gasteiger partial charge in [0, 0.05) is 31.0 Å². The van der Waals surface area contributed by atoms with Crippen LogP contribution >= 0.6 is 0 Å². The first kappa shape index (κ1) is 44.5.